The predicted molar refractivity (Wildman–Crippen MR) is 113 cm³/mol. The molecular weight excluding hydrogens is 404 g/mol. The lowest BCUT2D eigenvalue weighted by molar-refractivity contribution is 0.0776. The summed E-state index contributed by atoms with van der Waals surface area (Å²) in [5.41, 5.74) is 2.46. The topological polar surface area (TPSA) is 101 Å². The number of carbonyl (C=O) groups is 1. The van der Waals surface area contributed by atoms with Gasteiger partial charge in [0, 0.05) is 7.05 Å². The zero-order chi connectivity index (χ0) is 21.3. The number of carbonyl (C=O) groups excluding carboxylic acids is 1. The minimum absolute atomic E-state index is 0.165. The number of aromatic nitrogens is 3. The smallest absolute Gasteiger partial charge is 0.268 e. The van der Waals surface area contributed by atoms with E-state index in [2.05, 4.69) is 15.1 Å². The number of benzene rings is 1. The first-order valence-electron chi connectivity index (χ1n) is 9.29. The normalized spacial score (nSPS) is 11.0. The molecule has 0 spiro atoms. The van der Waals surface area contributed by atoms with Crippen LogP contribution in [0.3, 0.4) is 0 Å². The fourth-order valence-corrected chi connectivity index (χ4v) is 3.85. The number of fused-ring (bicyclic) bond motifs is 1. The summed E-state index contributed by atoms with van der Waals surface area (Å²) < 4.78 is 11.6. The molecule has 0 radical (unpaired) electrons. The highest BCUT2D eigenvalue weighted by molar-refractivity contribution is 7.17. The summed E-state index contributed by atoms with van der Waals surface area (Å²) in [5.74, 6) is 1.34. The molecule has 1 aromatic carbocycles. The zero-order valence-electron chi connectivity index (χ0n) is 16.8. The van der Waals surface area contributed by atoms with E-state index in [0.29, 0.717) is 33.1 Å². The van der Waals surface area contributed by atoms with Crippen LogP contribution in [0.1, 0.15) is 33.2 Å². The number of hydrogen-bond donors (Lipinski definition) is 1. The SMILES string of the molecule is Cc1noc(C)c1COc1ccccc1C(=O)N(C)Cc1nc2ccsc2c(=O)[nH]1. The van der Waals surface area contributed by atoms with Crippen LogP contribution in [0.5, 0.6) is 5.75 Å². The minimum atomic E-state index is -0.238. The Bertz CT molecular complexity index is 1250. The van der Waals surface area contributed by atoms with Crippen LogP contribution >= 0.6 is 11.3 Å². The highest BCUT2D eigenvalue weighted by Crippen LogP contribution is 2.23. The van der Waals surface area contributed by atoms with Crippen LogP contribution in [0, 0.1) is 13.8 Å². The monoisotopic (exact) mass is 424 g/mol. The summed E-state index contributed by atoms with van der Waals surface area (Å²) in [4.78, 5) is 33.9. The fourth-order valence-electron chi connectivity index (χ4n) is 3.13. The van der Waals surface area contributed by atoms with Crippen molar-refractivity contribution >= 4 is 27.5 Å². The van der Waals surface area contributed by atoms with Crippen molar-refractivity contribution in [3.8, 4) is 5.75 Å². The molecule has 4 rings (SSSR count). The highest BCUT2D eigenvalue weighted by Gasteiger charge is 2.19. The molecule has 0 saturated heterocycles. The van der Waals surface area contributed by atoms with Gasteiger partial charge in [-0.3, -0.25) is 9.59 Å². The molecule has 0 bridgehead atoms. The van der Waals surface area contributed by atoms with Crippen LogP contribution in [0.2, 0.25) is 0 Å². The van der Waals surface area contributed by atoms with E-state index in [1.165, 1.54) is 16.2 Å². The Morgan fingerprint density at radius 2 is 2.07 bits per heavy atom. The number of H-pyrrole nitrogens is 1. The van der Waals surface area contributed by atoms with Crippen molar-refractivity contribution < 1.29 is 14.1 Å². The van der Waals surface area contributed by atoms with Crippen molar-refractivity contribution in [3.63, 3.8) is 0 Å². The van der Waals surface area contributed by atoms with Gasteiger partial charge in [-0.05, 0) is 37.4 Å². The number of ether oxygens (including phenoxy) is 1. The molecule has 0 unspecified atom stereocenters. The molecule has 0 aliphatic rings. The third kappa shape index (κ3) is 3.84. The van der Waals surface area contributed by atoms with Crippen LogP contribution in [-0.2, 0) is 13.2 Å². The van der Waals surface area contributed by atoms with Crippen LogP contribution in [0.4, 0.5) is 0 Å². The molecule has 0 aliphatic heterocycles. The second kappa shape index (κ2) is 8.11. The number of thiophene rings is 1. The molecule has 4 aromatic rings. The second-order valence-corrected chi connectivity index (χ2v) is 7.81. The van der Waals surface area contributed by atoms with Gasteiger partial charge in [-0.1, -0.05) is 17.3 Å². The van der Waals surface area contributed by atoms with Crippen molar-refractivity contribution in [1.82, 2.24) is 20.0 Å². The molecule has 154 valence electrons. The zero-order valence-corrected chi connectivity index (χ0v) is 17.6. The summed E-state index contributed by atoms with van der Waals surface area (Å²) in [6.07, 6.45) is 0. The van der Waals surface area contributed by atoms with Crippen LogP contribution in [0.15, 0.2) is 45.0 Å². The number of nitrogens with zero attached hydrogens (tertiary/aromatic N) is 3. The van der Waals surface area contributed by atoms with E-state index < -0.39 is 0 Å². The lowest BCUT2D eigenvalue weighted by atomic mass is 10.1. The Balaban J connectivity index is 1.53. The number of rotatable bonds is 6. The first kappa shape index (κ1) is 19.8. The quantitative estimate of drug-likeness (QED) is 0.509. The molecule has 1 amide bonds. The van der Waals surface area contributed by atoms with Crippen molar-refractivity contribution in [2.24, 2.45) is 0 Å². The Kier molecular flexibility index (Phi) is 5.37. The van der Waals surface area contributed by atoms with Crippen molar-refractivity contribution in [1.29, 1.82) is 0 Å². The van der Waals surface area contributed by atoms with Gasteiger partial charge < -0.3 is 19.1 Å². The van der Waals surface area contributed by atoms with Gasteiger partial charge in [0.1, 0.15) is 28.6 Å². The van der Waals surface area contributed by atoms with E-state index in [9.17, 15) is 9.59 Å². The van der Waals surface area contributed by atoms with Crippen LogP contribution < -0.4 is 10.3 Å². The van der Waals surface area contributed by atoms with E-state index >= 15 is 0 Å². The second-order valence-electron chi connectivity index (χ2n) is 6.90. The van der Waals surface area contributed by atoms with Gasteiger partial charge in [-0.15, -0.1) is 11.3 Å². The van der Waals surface area contributed by atoms with E-state index in [1.54, 1.807) is 31.3 Å². The molecule has 9 heteroatoms. The first-order chi connectivity index (χ1) is 14.4. The summed E-state index contributed by atoms with van der Waals surface area (Å²) in [6, 6.07) is 8.83. The van der Waals surface area contributed by atoms with Gasteiger partial charge >= 0.3 is 0 Å². The van der Waals surface area contributed by atoms with E-state index in [-0.39, 0.29) is 24.6 Å². The average Bonchev–Trinajstić information content (AvgIpc) is 3.33. The Morgan fingerprint density at radius 3 is 2.83 bits per heavy atom. The third-order valence-electron chi connectivity index (χ3n) is 4.77. The van der Waals surface area contributed by atoms with Gasteiger partial charge in [0.25, 0.3) is 11.5 Å². The highest BCUT2D eigenvalue weighted by atomic mass is 32.1. The number of aromatic amines is 1. The molecule has 3 heterocycles. The van der Waals surface area contributed by atoms with Crippen molar-refractivity contribution in [2.45, 2.75) is 27.0 Å². The van der Waals surface area contributed by atoms with Crippen molar-refractivity contribution in [3.05, 3.63) is 74.5 Å². The maximum atomic E-state index is 13.1. The largest absolute Gasteiger partial charge is 0.488 e. The van der Waals surface area contributed by atoms with Gasteiger partial charge in [0.15, 0.2) is 0 Å². The summed E-state index contributed by atoms with van der Waals surface area (Å²) in [7, 11) is 1.66. The molecule has 8 nitrogen and oxygen atoms in total. The maximum absolute atomic E-state index is 13.1. The van der Waals surface area contributed by atoms with Crippen LogP contribution in [0.25, 0.3) is 10.2 Å². The number of para-hydroxylation sites is 1. The number of hydrogen-bond acceptors (Lipinski definition) is 7. The summed E-state index contributed by atoms with van der Waals surface area (Å²) in [6.45, 7) is 4.08. The molecule has 0 fully saturated rings. The van der Waals surface area contributed by atoms with E-state index in [0.717, 1.165) is 11.3 Å². The summed E-state index contributed by atoms with van der Waals surface area (Å²) in [5, 5.41) is 5.74. The van der Waals surface area contributed by atoms with Gasteiger partial charge in [-0.2, -0.15) is 0 Å². The standard InChI is InChI=1S/C21H20N4O4S/c1-12-15(13(2)29-24-12)11-28-17-7-5-4-6-14(17)21(27)25(3)10-18-22-16-8-9-30-19(16)20(26)23-18/h4-9H,10-11H2,1-3H3,(H,22,23,26). The predicted octanol–water partition coefficient (Wildman–Crippen LogP) is 3.44. The molecule has 0 atom stereocenters. The van der Waals surface area contributed by atoms with Gasteiger partial charge in [0.2, 0.25) is 0 Å². The minimum Gasteiger partial charge on any atom is -0.488 e. The number of aryl methyl sites for hydroxylation is 2. The third-order valence-corrected chi connectivity index (χ3v) is 5.67. The number of nitrogens with one attached hydrogen (secondary N) is 1. The Morgan fingerprint density at radius 1 is 1.27 bits per heavy atom. The van der Waals surface area contributed by atoms with E-state index in [4.69, 9.17) is 9.26 Å². The molecule has 3 aromatic heterocycles. The molecule has 30 heavy (non-hydrogen) atoms. The Labute approximate surface area is 176 Å². The molecular formula is C21H20N4O4S. The lowest BCUT2D eigenvalue weighted by Crippen LogP contribution is -2.28. The lowest BCUT2D eigenvalue weighted by Gasteiger charge is -2.18. The van der Waals surface area contributed by atoms with E-state index in [1.807, 2.05) is 25.3 Å². The van der Waals surface area contributed by atoms with Gasteiger partial charge in [0.05, 0.1) is 28.9 Å². The Hall–Kier alpha value is -3.46. The first-order valence-corrected chi connectivity index (χ1v) is 10.2. The molecule has 0 aliphatic carbocycles. The van der Waals surface area contributed by atoms with Gasteiger partial charge in [-0.25, -0.2) is 4.98 Å². The van der Waals surface area contributed by atoms with Crippen LogP contribution in [-0.4, -0.2) is 33.0 Å². The average molecular weight is 424 g/mol. The number of amides is 1. The fraction of sp³-hybridized carbons (Fsp3) is 0.238. The van der Waals surface area contributed by atoms with Crippen molar-refractivity contribution in [2.75, 3.05) is 7.05 Å². The maximum Gasteiger partial charge on any atom is 0.268 e. The molecule has 1 N–H and O–H groups in total. The molecule has 0 saturated carbocycles. The summed E-state index contributed by atoms with van der Waals surface area (Å²) >= 11 is 1.34.